The van der Waals surface area contributed by atoms with Gasteiger partial charge in [-0.25, -0.2) is 9.97 Å². The predicted octanol–water partition coefficient (Wildman–Crippen LogP) is 4.19. The number of hydrogen-bond donors (Lipinski definition) is 2. The zero-order valence-corrected chi connectivity index (χ0v) is 19.8. The van der Waals surface area contributed by atoms with Gasteiger partial charge >= 0.3 is 0 Å². The SMILES string of the molecule is N#CCNC(=O)c1cccc(-c2csc3cnc(Nc4ccc(CN5CCOCC5)cc4)nc23)c1. The largest absolute Gasteiger partial charge is 0.379 e. The first kappa shape index (κ1) is 22.9. The molecule has 0 unspecified atom stereocenters. The molecule has 1 fully saturated rings. The summed E-state index contributed by atoms with van der Waals surface area (Å²) in [4.78, 5) is 23.9. The van der Waals surface area contributed by atoms with Gasteiger partial charge in [-0.1, -0.05) is 24.3 Å². The minimum absolute atomic E-state index is 0.0269. The average molecular weight is 485 g/mol. The molecule has 176 valence electrons. The van der Waals surface area contributed by atoms with E-state index in [9.17, 15) is 4.79 Å². The van der Waals surface area contributed by atoms with E-state index in [0.717, 1.165) is 59.9 Å². The third-order valence-electron chi connectivity index (χ3n) is 5.80. The second-order valence-corrected chi connectivity index (χ2v) is 9.10. The van der Waals surface area contributed by atoms with Crippen LogP contribution in [0.3, 0.4) is 0 Å². The minimum atomic E-state index is -0.276. The zero-order chi connectivity index (χ0) is 24.0. The van der Waals surface area contributed by atoms with Crippen LogP contribution in [0.25, 0.3) is 21.3 Å². The van der Waals surface area contributed by atoms with Crippen LogP contribution in [0, 0.1) is 11.3 Å². The first-order valence-electron chi connectivity index (χ1n) is 11.4. The van der Waals surface area contributed by atoms with Crippen molar-refractivity contribution in [1.29, 1.82) is 5.26 Å². The smallest absolute Gasteiger partial charge is 0.252 e. The van der Waals surface area contributed by atoms with Gasteiger partial charge in [0.2, 0.25) is 5.95 Å². The van der Waals surface area contributed by atoms with Gasteiger partial charge in [0.25, 0.3) is 5.91 Å². The molecule has 3 heterocycles. The van der Waals surface area contributed by atoms with Crippen molar-refractivity contribution in [3.05, 3.63) is 71.2 Å². The first-order valence-corrected chi connectivity index (χ1v) is 12.2. The molecule has 0 spiro atoms. The van der Waals surface area contributed by atoms with Gasteiger partial charge in [-0.05, 0) is 35.4 Å². The first-order chi connectivity index (χ1) is 17.2. The summed E-state index contributed by atoms with van der Waals surface area (Å²) in [6.07, 6.45) is 1.81. The molecular weight excluding hydrogens is 460 g/mol. The number of thiophene rings is 1. The van der Waals surface area contributed by atoms with Crippen LogP contribution in [0.2, 0.25) is 0 Å². The number of aromatic nitrogens is 2. The second kappa shape index (κ2) is 10.6. The van der Waals surface area contributed by atoms with E-state index in [-0.39, 0.29) is 12.5 Å². The number of benzene rings is 2. The molecule has 0 bridgehead atoms. The van der Waals surface area contributed by atoms with Crippen molar-refractivity contribution >= 4 is 39.1 Å². The summed E-state index contributed by atoms with van der Waals surface area (Å²) >= 11 is 1.56. The van der Waals surface area contributed by atoms with Crippen LogP contribution in [0.15, 0.2) is 60.1 Å². The van der Waals surface area contributed by atoms with Crippen molar-refractivity contribution in [3.8, 4) is 17.2 Å². The third kappa shape index (κ3) is 5.46. The number of nitriles is 1. The highest BCUT2D eigenvalue weighted by Crippen LogP contribution is 2.33. The predicted molar refractivity (Wildman–Crippen MR) is 137 cm³/mol. The molecular formula is C26H24N6O2S. The van der Waals surface area contributed by atoms with Gasteiger partial charge in [-0.2, -0.15) is 5.26 Å². The molecule has 1 aliphatic heterocycles. The molecule has 0 aliphatic carbocycles. The highest BCUT2D eigenvalue weighted by Gasteiger charge is 2.13. The number of fused-ring (bicyclic) bond motifs is 1. The van der Waals surface area contributed by atoms with Gasteiger partial charge in [-0.15, -0.1) is 11.3 Å². The average Bonchev–Trinajstić information content (AvgIpc) is 3.32. The van der Waals surface area contributed by atoms with E-state index in [1.807, 2.05) is 48.0 Å². The summed E-state index contributed by atoms with van der Waals surface area (Å²) < 4.78 is 6.38. The molecule has 9 heteroatoms. The van der Waals surface area contributed by atoms with Crippen LogP contribution in [-0.4, -0.2) is 53.6 Å². The Balaban J connectivity index is 1.33. The van der Waals surface area contributed by atoms with Crippen molar-refractivity contribution in [2.75, 3.05) is 38.2 Å². The number of carbonyl (C=O) groups excluding carboxylic acids is 1. The van der Waals surface area contributed by atoms with Gasteiger partial charge in [0, 0.05) is 41.8 Å². The maximum Gasteiger partial charge on any atom is 0.252 e. The molecule has 8 nitrogen and oxygen atoms in total. The summed E-state index contributed by atoms with van der Waals surface area (Å²) in [5, 5.41) is 16.6. The Bertz CT molecular complexity index is 1370. The van der Waals surface area contributed by atoms with Crippen molar-refractivity contribution in [1.82, 2.24) is 20.2 Å². The van der Waals surface area contributed by atoms with Gasteiger partial charge in [-0.3, -0.25) is 9.69 Å². The molecule has 5 rings (SSSR count). The summed E-state index contributed by atoms with van der Waals surface area (Å²) in [7, 11) is 0. The zero-order valence-electron chi connectivity index (χ0n) is 19.0. The topological polar surface area (TPSA) is 103 Å². The van der Waals surface area contributed by atoms with E-state index >= 15 is 0 Å². The van der Waals surface area contributed by atoms with Gasteiger partial charge < -0.3 is 15.4 Å². The fraction of sp³-hybridized carbons (Fsp3) is 0.231. The van der Waals surface area contributed by atoms with Crippen LogP contribution in [0.1, 0.15) is 15.9 Å². The molecule has 4 aromatic rings. The molecule has 0 radical (unpaired) electrons. The molecule has 1 aliphatic rings. The Labute approximate surface area is 207 Å². The van der Waals surface area contributed by atoms with Crippen molar-refractivity contribution in [2.45, 2.75) is 6.54 Å². The monoisotopic (exact) mass is 484 g/mol. The van der Waals surface area contributed by atoms with E-state index < -0.39 is 0 Å². The molecule has 1 amide bonds. The Kier molecular flexibility index (Phi) is 6.95. The Morgan fingerprint density at radius 1 is 1.17 bits per heavy atom. The lowest BCUT2D eigenvalue weighted by molar-refractivity contribution is 0.0342. The van der Waals surface area contributed by atoms with Gasteiger partial charge in [0.05, 0.1) is 35.7 Å². The highest BCUT2D eigenvalue weighted by molar-refractivity contribution is 7.17. The third-order valence-corrected chi connectivity index (χ3v) is 6.70. The van der Waals surface area contributed by atoms with Crippen LogP contribution >= 0.6 is 11.3 Å². The fourth-order valence-electron chi connectivity index (χ4n) is 3.98. The number of ether oxygens (including phenoxy) is 1. The number of hydrogen-bond acceptors (Lipinski definition) is 8. The fourth-order valence-corrected chi connectivity index (χ4v) is 4.86. The molecule has 0 atom stereocenters. The maximum absolute atomic E-state index is 12.3. The molecule has 2 aromatic carbocycles. The number of nitrogens with one attached hydrogen (secondary N) is 2. The summed E-state index contributed by atoms with van der Waals surface area (Å²) in [5.74, 6) is 0.239. The van der Waals surface area contributed by atoms with Crippen molar-refractivity contribution in [3.63, 3.8) is 0 Å². The van der Waals surface area contributed by atoms with Gasteiger partial charge in [0.15, 0.2) is 0 Å². The Hall–Kier alpha value is -3.84. The van der Waals surface area contributed by atoms with E-state index in [4.69, 9.17) is 15.0 Å². The quantitative estimate of drug-likeness (QED) is 0.379. The van der Waals surface area contributed by atoms with Crippen molar-refractivity contribution < 1.29 is 9.53 Å². The number of amides is 1. The lowest BCUT2D eigenvalue weighted by atomic mass is 10.0. The van der Waals surface area contributed by atoms with E-state index in [1.165, 1.54) is 5.56 Å². The van der Waals surface area contributed by atoms with Gasteiger partial charge in [0.1, 0.15) is 6.54 Å². The molecule has 1 saturated heterocycles. The van der Waals surface area contributed by atoms with Crippen LogP contribution < -0.4 is 10.6 Å². The van der Waals surface area contributed by atoms with Crippen LogP contribution in [0.4, 0.5) is 11.6 Å². The lowest BCUT2D eigenvalue weighted by Gasteiger charge is -2.26. The second-order valence-electron chi connectivity index (χ2n) is 8.19. The van der Waals surface area contributed by atoms with E-state index in [1.54, 1.807) is 17.4 Å². The number of nitrogens with zero attached hydrogens (tertiary/aromatic N) is 4. The minimum Gasteiger partial charge on any atom is -0.379 e. The number of carbonyl (C=O) groups is 1. The summed E-state index contributed by atoms with van der Waals surface area (Å²) in [6, 6.07) is 17.6. The molecule has 0 saturated carbocycles. The number of anilines is 2. The van der Waals surface area contributed by atoms with Crippen LogP contribution in [-0.2, 0) is 11.3 Å². The molecule has 35 heavy (non-hydrogen) atoms. The standard InChI is InChI=1S/C26H24N6O2S/c27-8-9-28-25(33)20-3-1-2-19(14-20)22-17-35-23-15-29-26(31-24(22)23)30-21-6-4-18(5-7-21)16-32-10-12-34-13-11-32/h1-7,14-15,17H,9-13,16H2,(H,28,33)(H,29,30,31). The summed E-state index contributed by atoms with van der Waals surface area (Å²) in [6.45, 7) is 4.40. The van der Waals surface area contributed by atoms with Crippen LogP contribution in [0.5, 0.6) is 0 Å². The highest BCUT2D eigenvalue weighted by atomic mass is 32.1. The molecule has 2 aromatic heterocycles. The Morgan fingerprint density at radius 2 is 2.00 bits per heavy atom. The molecule has 2 N–H and O–H groups in total. The Morgan fingerprint density at radius 3 is 2.80 bits per heavy atom. The lowest BCUT2D eigenvalue weighted by Crippen LogP contribution is -2.35. The normalized spacial score (nSPS) is 13.9. The number of morpholine rings is 1. The van der Waals surface area contributed by atoms with E-state index in [0.29, 0.717) is 11.5 Å². The number of rotatable bonds is 7. The van der Waals surface area contributed by atoms with Crippen molar-refractivity contribution in [2.24, 2.45) is 0 Å². The van der Waals surface area contributed by atoms with E-state index in [2.05, 4.69) is 32.7 Å². The maximum atomic E-state index is 12.3. The summed E-state index contributed by atoms with van der Waals surface area (Å²) in [5.41, 5.74) is 5.33.